The number of nitrogens with zero attached hydrogens (tertiary/aromatic N) is 1. The van der Waals surface area contributed by atoms with E-state index in [0.717, 1.165) is 25.0 Å². The molecule has 0 aromatic rings. The van der Waals surface area contributed by atoms with Crippen LogP contribution in [0.25, 0.3) is 0 Å². The van der Waals surface area contributed by atoms with Crippen molar-refractivity contribution in [3.05, 3.63) is 0 Å². The van der Waals surface area contributed by atoms with Crippen molar-refractivity contribution in [2.75, 3.05) is 19.6 Å². The number of aliphatic imine (C=N–C) groups is 1. The molecule has 1 heterocycles. The molecule has 1 unspecified atom stereocenters. The monoisotopic (exact) mass is 168 g/mol. The van der Waals surface area contributed by atoms with Gasteiger partial charge >= 0.3 is 0 Å². The average Bonchev–Trinajstić information content (AvgIpc) is 2.80. The van der Waals surface area contributed by atoms with E-state index in [1.807, 2.05) is 0 Å². The van der Waals surface area contributed by atoms with Gasteiger partial charge in [-0.15, -0.1) is 0 Å². The highest BCUT2D eigenvalue weighted by Gasteiger charge is 2.30. The summed E-state index contributed by atoms with van der Waals surface area (Å²) in [7, 11) is 0. The molecule has 4 heteroatoms. The first-order chi connectivity index (χ1) is 5.90. The molecule has 1 aliphatic heterocycles. The van der Waals surface area contributed by atoms with Gasteiger partial charge in [0.1, 0.15) is 0 Å². The van der Waals surface area contributed by atoms with E-state index < -0.39 is 0 Å². The Bertz CT molecular complexity index is 185. The van der Waals surface area contributed by atoms with Crippen molar-refractivity contribution in [2.45, 2.75) is 18.9 Å². The van der Waals surface area contributed by atoms with Crippen LogP contribution in [0.5, 0.6) is 0 Å². The van der Waals surface area contributed by atoms with Crippen LogP contribution in [0.2, 0.25) is 0 Å². The van der Waals surface area contributed by atoms with Crippen molar-refractivity contribution >= 4 is 5.96 Å². The molecule has 4 N–H and O–H groups in total. The van der Waals surface area contributed by atoms with E-state index in [-0.39, 0.29) is 0 Å². The first-order valence-corrected chi connectivity index (χ1v) is 4.65. The van der Waals surface area contributed by atoms with Crippen LogP contribution in [0.15, 0.2) is 4.99 Å². The highest BCUT2D eigenvalue weighted by atomic mass is 15.2. The van der Waals surface area contributed by atoms with Crippen molar-refractivity contribution in [1.29, 1.82) is 0 Å². The minimum atomic E-state index is 0.439. The van der Waals surface area contributed by atoms with Gasteiger partial charge in [-0.1, -0.05) is 0 Å². The molecule has 0 amide bonds. The summed E-state index contributed by atoms with van der Waals surface area (Å²) in [5.74, 6) is 1.73. The van der Waals surface area contributed by atoms with Crippen LogP contribution < -0.4 is 16.4 Å². The first kappa shape index (κ1) is 7.86. The Morgan fingerprint density at radius 3 is 3.00 bits per heavy atom. The predicted molar refractivity (Wildman–Crippen MR) is 49.0 cm³/mol. The lowest BCUT2D eigenvalue weighted by Gasteiger charge is -2.16. The average molecular weight is 168 g/mol. The Labute approximate surface area is 72.6 Å². The molecule has 2 rings (SSSR count). The predicted octanol–water partition coefficient (Wildman–Crippen LogP) is -0.727. The Kier molecular flexibility index (Phi) is 2.17. The Hall–Kier alpha value is -0.770. The lowest BCUT2D eigenvalue weighted by atomic mass is 10.2. The van der Waals surface area contributed by atoms with Crippen molar-refractivity contribution in [1.82, 2.24) is 10.6 Å². The normalized spacial score (nSPS) is 24.6. The summed E-state index contributed by atoms with van der Waals surface area (Å²) < 4.78 is 0. The summed E-state index contributed by atoms with van der Waals surface area (Å²) in [6.07, 6.45) is 2.64. The summed E-state index contributed by atoms with van der Waals surface area (Å²) in [6, 6.07) is 0.439. The molecule has 12 heavy (non-hydrogen) atoms. The Morgan fingerprint density at radius 1 is 1.67 bits per heavy atom. The van der Waals surface area contributed by atoms with Gasteiger partial charge in [0.2, 0.25) is 0 Å². The summed E-state index contributed by atoms with van der Waals surface area (Å²) in [6.45, 7) is 2.57. The molecule has 1 atom stereocenters. The SMILES string of the molecule is NCC(NC1=NCCN1)C1CC1. The number of rotatable bonds is 3. The molecule has 1 aliphatic carbocycles. The topological polar surface area (TPSA) is 62.4 Å². The molecule has 2 aliphatic rings. The minimum absolute atomic E-state index is 0.439. The maximum absolute atomic E-state index is 5.65. The van der Waals surface area contributed by atoms with Gasteiger partial charge in [0.25, 0.3) is 0 Å². The number of nitrogens with one attached hydrogen (secondary N) is 2. The van der Waals surface area contributed by atoms with Gasteiger partial charge in [-0.05, 0) is 18.8 Å². The fourth-order valence-corrected chi connectivity index (χ4v) is 1.54. The minimum Gasteiger partial charge on any atom is -0.355 e. The molecule has 0 saturated heterocycles. The zero-order chi connectivity index (χ0) is 8.39. The second-order valence-electron chi connectivity index (χ2n) is 3.48. The first-order valence-electron chi connectivity index (χ1n) is 4.65. The Balaban J connectivity index is 1.82. The van der Waals surface area contributed by atoms with E-state index in [1.54, 1.807) is 0 Å². The molecule has 68 valence electrons. The van der Waals surface area contributed by atoms with Gasteiger partial charge in [0.05, 0.1) is 6.54 Å². The third kappa shape index (κ3) is 1.69. The van der Waals surface area contributed by atoms with Crippen LogP contribution in [0, 0.1) is 5.92 Å². The lowest BCUT2D eigenvalue weighted by Crippen LogP contribution is -2.45. The van der Waals surface area contributed by atoms with Crippen molar-refractivity contribution in [3.8, 4) is 0 Å². The number of hydrogen-bond acceptors (Lipinski definition) is 4. The van der Waals surface area contributed by atoms with E-state index in [0.29, 0.717) is 12.6 Å². The maximum atomic E-state index is 5.65. The number of guanidine groups is 1. The molecule has 0 radical (unpaired) electrons. The molecule has 1 fully saturated rings. The second kappa shape index (κ2) is 3.31. The quantitative estimate of drug-likeness (QED) is 0.521. The summed E-state index contributed by atoms with van der Waals surface area (Å²) in [5, 5.41) is 6.53. The van der Waals surface area contributed by atoms with Crippen LogP contribution in [-0.2, 0) is 0 Å². The molecule has 0 aromatic heterocycles. The van der Waals surface area contributed by atoms with E-state index in [4.69, 9.17) is 5.73 Å². The molecular formula is C8H16N4. The van der Waals surface area contributed by atoms with Crippen molar-refractivity contribution in [3.63, 3.8) is 0 Å². The highest BCUT2D eigenvalue weighted by Crippen LogP contribution is 2.32. The van der Waals surface area contributed by atoms with Crippen LogP contribution in [0.4, 0.5) is 0 Å². The van der Waals surface area contributed by atoms with Gasteiger partial charge < -0.3 is 16.4 Å². The van der Waals surface area contributed by atoms with Gasteiger partial charge in [0, 0.05) is 19.1 Å². The van der Waals surface area contributed by atoms with Crippen LogP contribution >= 0.6 is 0 Å². The molecule has 0 aromatic carbocycles. The van der Waals surface area contributed by atoms with Crippen LogP contribution in [0.1, 0.15) is 12.8 Å². The summed E-state index contributed by atoms with van der Waals surface area (Å²) >= 11 is 0. The third-order valence-corrected chi connectivity index (χ3v) is 2.44. The maximum Gasteiger partial charge on any atom is 0.191 e. The molecule has 1 saturated carbocycles. The van der Waals surface area contributed by atoms with Crippen molar-refractivity contribution in [2.24, 2.45) is 16.6 Å². The van der Waals surface area contributed by atoms with E-state index in [9.17, 15) is 0 Å². The molecular weight excluding hydrogens is 152 g/mol. The number of nitrogens with two attached hydrogens (primary N) is 1. The lowest BCUT2D eigenvalue weighted by molar-refractivity contribution is 0.544. The van der Waals surface area contributed by atoms with Gasteiger partial charge in [-0.25, -0.2) is 0 Å². The standard InChI is InChI=1S/C8H16N4/c9-5-7(6-1-2-6)12-8-10-3-4-11-8/h6-7H,1-5,9H2,(H2,10,11,12). The zero-order valence-electron chi connectivity index (χ0n) is 7.21. The summed E-state index contributed by atoms with van der Waals surface area (Å²) in [4.78, 5) is 4.27. The fourth-order valence-electron chi connectivity index (χ4n) is 1.54. The van der Waals surface area contributed by atoms with Gasteiger partial charge in [-0.2, -0.15) is 0 Å². The zero-order valence-corrected chi connectivity index (χ0v) is 7.21. The van der Waals surface area contributed by atoms with E-state index in [2.05, 4.69) is 15.6 Å². The molecule has 0 spiro atoms. The smallest absolute Gasteiger partial charge is 0.191 e. The Morgan fingerprint density at radius 2 is 2.50 bits per heavy atom. The fraction of sp³-hybridized carbons (Fsp3) is 0.875. The van der Waals surface area contributed by atoms with E-state index in [1.165, 1.54) is 12.8 Å². The third-order valence-electron chi connectivity index (χ3n) is 2.44. The van der Waals surface area contributed by atoms with Gasteiger partial charge in [0.15, 0.2) is 5.96 Å². The van der Waals surface area contributed by atoms with Crippen LogP contribution in [0.3, 0.4) is 0 Å². The largest absolute Gasteiger partial charge is 0.355 e. The van der Waals surface area contributed by atoms with Gasteiger partial charge in [-0.3, -0.25) is 4.99 Å². The van der Waals surface area contributed by atoms with Crippen molar-refractivity contribution < 1.29 is 0 Å². The second-order valence-corrected chi connectivity index (χ2v) is 3.48. The molecule has 0 bridgehead atoms. The highest BCUT2D eigenvalue weighted by molar-refractivity contribution is 5.81. The summed E-state index contributed by atoms with van der Waals surface area (Å²) in [5.41, 5.74) is 5.65. The van der Waals surface area contributed by atoms with E-state index >= 15 is 0 Å². The number of hydrogen-bond donors (Lipinski definition) is 3. The molecule has 4 nitrogen and oxygen atoms in total. The van der Waals surface area contributed by atoms with Crippen LogP contribution in [-0.4, -0.2) is 31.6 Å².